The number of aromatic hydroxyl groups is 2. The summed E-state index contributed by atoms with van der Waals surface area (Å²) in [5.74, 6) is -1.90. The number of phenolic OH excluding ortho intramolecular Hbond substituents is 2. The minimum Gasteiger partial charge on any atom is -0.508 e. The molecule has 0 radical (unpaired) electrons. The summed E-state index contributed by atoms with van der Waals surface area (Å²) >= 11 is 0. The highest BCUT2D eigenvalue weighted by atomic mass is 16.7. The van der Waals surface area contributed by atoms with E-state index in [1.54, 1.807) is 18.2 Å². The molecule has 1 aliphatic rings. The molecule has 0 saturated carbocycles. The van der Waals surface area contributed by atoms with Crippen molar-refractivity contribution in [3.63, 3.8) is 0 Å². The number of carbonyl (C=O) groups is 1. The predicted molar refractivity (Wildman–Crippen MR) is 94.0 cm³/mol. The van der Waals surface area contributed by atoms with E-state index >= 15 is 0 Å². The second-order valence-electron chi connectivity index (χ2n) is 6.35. The van der Waals surface area contributed by atoms with Gasteiger partial charge in [0.2, 0.25) is 12.1 Å². The lowest BCUT2D eigenvalue weighted by molar-refractivity contribution is -0.277. The van der Waals surface area contributed by atoms with Crippen LogP contribution in [-0.4, -0.2) is 73.7 Å². The van der Waals surface area contributed by atoms with E-state index in [2.05, 4.69) is 0 Å². The minimum absolute atomic E-state index is 0.238. The highest BCUT2D eigenvalue weighted by Crippen LogP contribution is 2.36. The molecular formula is C19H20O9. The van der Waals surface area contributed by atoms with Crippen LogP contribution in [0.1, 0.15) is 15.9 Å². The van der Waals surface area contributed by atoms with Crippen LogP contribution in [0.3, 0.4) is 0 Å². The van der Waals surface area contributed by atoms with Crippen molar-refractivity contribution >= 4 is 5.78 Å². The molecule has 5 atom stereocenters. The Bertz CT molecular complexity index is 837. The van der Waals surface area contributed by atoms with E-state index in [4.69, 9.17) is 9.47 Å². The Morgan fingerprint density at radius 2 is 1.68 bits per heavy atom. The van der Waals surface area contributed by atoms with Crippen molar-refractivity contribution in [2.45, 2.75) is 30.7 Å². The maximum absolute atomic E-state index is 12.8. The van der Waals surface area contributed by atoms with Crippen LogP contribution >= 0.6 is 0 Å². The Balaban J connectivity index is 1.97. The van der Waals surface area contributed by atoms with Gasteiger partial charge in [0.15, 0.2) is 0 Å². The molecule has 0 bridgehead atoms. The molecule has 1 saturated heterocycles. The average molecular weight is 392 g/mol. The van der Waals surface area contributed by atoms with E-state index in [-0.39, 0.29) is 16.9 Å². The highest BCUT2D eigenvalue weighted by Gasteiger charge is 2.45. The topological polar surface area (TPSA) is 157 Å². The fraction of sp³-hybridized carbons (Fsp3) is 0.316. The van der Waals surface area contributed by atoms with Crippen molar-refractivity contribution in [1.29, 1.82) is 0 Å². The number of hydrogen-bond donors (Lipinski definition) is 6. The average Bonchev–Trinajstić information content (AvgIpc) is 2.68. The zero-order valence-corrected chi connectivity index (χ0v) is 14.5. The van der Waals surface area contributed by atoms with Gasteiger partial charge in [-0.2, -0.15) is 0 Å². The van der Waals surface area contributed by atoms with E-state index in [0.717, 1.165) is 12.1 Å². The normalized spacial score (nSPS) is 27.4. The molecule has 28 heavy (non-hydrogen) atoms. The van der Waals surface area contributed by atoms with Crippen molar-refractivity contribution in [3.8, 4) is 17.2 Å². The number of phenols is 2. The molecule has 1 fully saturated rings. The summed E-state index contributed by atoms with van der Waals surface area (Å²) in [6, 6.07) is 10.00. The van der Waals surface area contributed by atoms with Gasteiger partial charge in [-0.3, -0.25) is 4.79 Å². The number of aliphatic hydroxyl groups is 4. The van der Waals surface area contributed by atoms with Crippen molar-refractivity contribution in [2.75, 3.05) is 6.61 Å². The van der Waals surface area contributed by atoms with Gasteiger partial charge in [-0.1, -0.05) is 30.3 Å². The van der Waals surface area contributed by atoms with Gasteiger partial charge >= 0.3 is 0 Å². The van der Waals surface area contributed by atoms with Crippen LogP contribution in [-0.2, 0) is 4.74 Å². The number of hydrogen-bond acceptors (Lipinski definition) is 9. The number of rotatable bonds is 5. The predicted octanol–water partition coefficient (Wildman–Crippen LogP) is -0.493. The third kappa shape index (κ3) is 3.79. The van der Waals surface area contributed by atoms with Gasteiger partial charge in [0.25, 0.3) is 0 Å². The highest BCUT2D eigenvalue weighted by molar-refractivity contribution is 6.12. The summed E-state index contributed by atoms with van der Waals surface area (Å²) in [7, 11) is 0. The lowest BCUT2D eigenvalue weighted by Gasteiger charge is -2.39. The van der Waals surface area contributed by atoms with Crippen molar-refractivity contribution in [2.24, 2.45) is 0 Å². The van der Waals surface area contributed by atoms with E-state index < -0.39 is 54.6 Å². The number of aliphatic hydroxyl groups excluding tert-OH is 4. The molecular weight excluding hydrogens is 372 g/mol. The second kappa shape index (κ2) is 8.13. The third-order valence-electron chi connectivity index (χ3n) is 4.42. The van der Waals surface area contributed by atoms with Crippen LogP contribution in [0.25, 0.3) is 0 Å². The zero-order chi connectivity index (χ0) is 20.4. The van der Waals surface area contributed by atoms with Crippen LogP contribution in [0.15, 0.2) is 42.5 Å². The molecule has 9 heteroatoms. The van der Waals surface area contributed by atoms with Crippen molar-refractivity contribution in [3.05, 3.63) is 53.6 Å². The third-order valence-corrected chi connectivity index (χ3v) is 4.42. The van der Waals surface area contributed by atoms with Crippen LogP contribution in [0, 0.1) is 0 Å². The largest absolute Gasteiger partial charge is 0.508 e. The molecule has 3 rings (SSSR count). The first-order valence-electron chi connectivity index (χ1n) is 8.46. The molecule has 0 aliphatic carbocycles. The lowest BCUT2D eigenvalue weighted by Crippen LogP contribution is -2.60. The van der Waals surface area contributed by atoms with Gasteiger partial charge in [-0.25, -0.2) is 0 Å². The Morgan fingerprint density at radius 3 is 2.32 bits per heavy atom. The summed E-state index contributed by atoms with van der Waals surface area (Å²) in [6.45, 7) is -0.661. The first kappa shape index (κ1) is 20.1. The quantitative estimate of drug-likeness (QED) is 0.369. The standard InChI is InChI=1S/C19H20O9/c20-8-13-16(24)17(25)18(26)19(28-13)27-12-7-10(21)6-11(22)14(12)15(23)9-4-2-1-3-5-9/h1-7,13,16-22,24-26H,8H2/t13-,16-,17+,18-,19+/m1/s1. The van der Waals surface area contributed by atoms with Crippen LogP contribution < -0.4 is 4.74 Å². The number of carbonyl (C=O) groups excluding carboxylic acids is 1. The van der Waals surface area contributed by atoms with Gasteiger partial charge in [0.05, 0.1) is 6.61 Å². The van der Waals surface area contributed by atoms with E-state index in [9.17, 15) is 35.4 Å². The second-order valence-corrected chi connectivity index (χ2v) is 6.35. The molecule has 0 spiro atoms. The molecule has 0 unspecified atom stereocenters. The summed E-state index contributed by atoms with van der Waals surface area (Å²) in [5.41, 5.74) is -0.0527. The summed E-state index contributed by atoms with van der Waals surface area (Å²) in [4.78, 5) is 12.8. The molecule has 1 heterocycles. The maximum atomic E-state index is 12.8. The molecule has 0 aromatic heterocycles. The van der Waals surface area contributed by atoms with Gasteiger partial charge in [-0.15, -0.1) is 0 Å². The fourth-order valence-corrected chi connectivity index (χ4v) is 2.93. The molecule has 2 aromatic rings. The first-order chi connectivity index (χ1) is 13.3. The molecule has 1 aliphatic heterocycles. The van der Waals surface area contributed by atoms with E-state index in [1.807, 2.05) is 0 Å². The SMILES string of the molecule is O=C(c1ccccc1)c1c(O)cc(O)cc1O[C@H]1O[C@H](CO)[C@@H](O)[C@H](O)[C@H]1O. The fourth-order valence-electron chi connectivity index (χ4n) is 2.93. The van der Waals surface area contributed by atoms with Crippen molar-refractivity contribution in [1.82, 2.24) is 0 Å². The van der Waals surface area contributed by atoms with E-state index in [1.165, 1.54) is 12.1 Å². The summed E-state index contributed by atoms with van der Waals surface area (Å²) in [5, 5.41) is 59.1. The van der Waals surface area contributed by atoms with Crippen molar-refractivity contribution < 1.29 is 44.9 Å². The Kier molecular flexibility index (Phi) is 5.82. The molecule has 150 valence electrons. The van der Waals surface area contributed by atoms with Gasteiger partial charge in [0, 0.05) is 17.7 Å². The van der Waals surface area contributed by atoms with Gasteiger partial charge < -0.3 is 40.1 Å². The monoisotopic (exact) mass is 392 g/mol. The van der Waals surface area contributed by atoms with Crippen LogP contribution in [0.4, 0.5) is 0 Å². The number of ketones is 1. The van der Waals surface area contributed by atoms with Crippen LogP contribution in [0.2, 0.25) is 0 Å². The zero-order valence-electron chi connectivity index (χ0n) is 14.5. The molecule has 9 nitrogen and oxygen atoms in total. The smallest absolute Gasteiger partial charge is 0.229 e. The lowest BCUT2D eigenvalue weighted by atomic mass is 9.99. The molecule has 6 N–H and O–H groups in total. The Hall–Kier alpha value is -2.69. The maximum Gasteiger partial charge on any atom is 0.229 e. The number of benzene rings is 2. The first-order valence-corrected chi connectivity index (χ1v) is 8.46. The minimum atomic E-state index is -1.72. The molecule has 0 amide bonds. The number of ether oxygens (including phenoxy) is 2. The summed E-state index contributed by atoms with van der Waals surface area (Å²) < 4.78 is 10.7. The summed E-state index contributed by atoms with van der Waals surface area (Å²) in [6.07, 6.45) is -7.79. The van der Waals surface area contributed by atoms with Gasteiger partial charge in [0.1, 0.15) is 47.2 Å². The van der Waals surface area contributed by atoms with Crippen LogP contribution in [0.5, 0.6) is 17.2 Å². The molecule has 2 aromatic carbocycles. The van der Waals surface area contributed by atoms with E-state index in [0.29, 0.717) is 0 Å². The Labute approximate surface area is 159 Å². The van der Waals surface area contributed by atoms with Gasteiger partial charge in [-0.05, 0) is 0 Å². The Morgan fingerprint density at radius 1 is 1.00 bits per heavy atom.